The second-order valence-electron chi connectivity index (χ2n) is 8.71. The first-order chi connectivity index (χ1) is 14.6. The molecule has 3 rings (SSSR count). The van der Waals surface area contributed by atoms with E-state index < -0.39 is 25.1 Å². The van der Waals surface area contributed by atoms with Gasteiger partial charge in [0.15, 0.2) is 0 Å². The zero-order valence-corrected chi connectivity index (χ0v) is 18.8. The van der Waals surface area contributed by atoms with Gasteiger partial charge in [0.2, 0.25) is 0 Å². The molecule has 8 nitrogen and oxygen atoms in total. The van der Waals surface area contributed by atoms with Gasteiger partial charge in [0, 0.05) is 4.88 Å². The molecule has 0 bridgehead atoms. The van der Waals surface area contributed by atoms with Gasteiger partial charge in [-0.05, 0) is 48.3 Å². The maximum atomic E-state index is 13.1. The summed E-state index contributed by atoms with van der Waals surface area (Å²) in [6, 6.07) is 3.53. The summed E-state index contributed by atoms with van der Waals surface area (Å²) >= 11 is 1.41. The van der Waals surface area contributed by atoms with Crippen molar-refractivity contribution in [1.82, 2.24) is 5.32 Å². The first kappa shape index (κ1) is 23.0. The Kier molecular flexibility index (Phi) is 7.17. The molecule has 1 aliphatic rings. The van der Waals surface area contributed by atoms with E-state index in [0.717, 1.165) is 29.7 Å². The number of anilines is 1. The first-order valence-corrected chi connectivity index (χ1v) is 11.0. The maximum absolute atomic E-state index is 13.1. The minimum Gasteiger partial charge on any atom is -0.480 e. The molecular formula is C22H28N2O6S. The largest absolute Gasteiger partial charge is 0.480 e. The molecular weight excluding hydrogens is 420 g/mol. The highest BCUT2D eigenvalue weighted by Gasteiger charge is 2.34. The van der Waals surface area contributed by atoms with Crippen molar-refractivity contribution in [3.8, 4) is 0 Å². The van der Waals surface area contributed by atoms with E-state index in [4.69, 9.17) is 14.3 Å². The van der Waals surface area contributed by atoms with Crippen molar-refractivity contribution in [2.45, 2.75) is 46.6 Å². The van der Waals surface area contributed by atoms with Gasteiger partial charge in [0.05, 0.1) is 18.4 Å². The molecule has 1 atom stereocenters. The molecule has 9 heteroatoms. The van der Waals surface area contributed by atoms with Crippen LogP contribution in [0.2, 0.25) is 0 Å². The van der Waals surface area contributed by atoms with Crippen LogP contribution >= 0.6 is 11.3 Å². The zero-order chi connectivity index (χ0) is 22.6. The Morgan fingerprint density at radius 2 is 2.06 bits per heavy atom. The fourth-order valence-corrected chi connectivity index (χ4v) is 5.06. The Balaban J connectivity index is 1.80. The third-order valence-corrected chi connectivity index (χ3v) is 6.60. The van der Waals surface area contributed by atoms with E-state index in [0.29, 0.717) is 22.2 Å². The van der Waals surface area contributed by atoms with Gasteiger partial charge in [-0.25, -0.2) is 4.79 Å². The Bertz CT molecular complexity index is 942. The fraction of sp³-hybridized carbons (Fsp3) is 0.500. The standard InChI is InChI=1S/C22H28N2O6S/c1-22(2,3)13-6-7-15-16(9-13)31-21(24-17(25)11-29-12-18(26)27)19(15)20(28)23-10-14-5-4-8-30-14/h4-5,8,13H,6-7,9-12H2,1-3H3,(H,23,28)(H,24,25)(H,26,27). The van der Waals surface area contributed by atoms with Crippen LogP contribution in [-0.2, 0) is 33.7 Å². The summed E-state index contributed by atoms with van der Waals surface area (Å²) in [5, 5.41) is 14.7. The highest BCUT2D eigenvalue weighted by molar-refractivity contribution is 7.17. The highest BCUT2D eigenvalue weighted by atomic mass is 32.1. The number of ether oxygens (including phenoxy) is 1. The van der Waals surface area contributed by atoms with Crippen molar-refractivity contribution in [2.24, 2.45) is 11.3 Å². The molecule has 0 fully saturated rings. The molecule has 0 radical (unpaired) electrons. The SMILES string of the molecule is CC(C)(C)C1CCc2c(sc(NC(=O)COCC(=O)O)c2C(=O)NCc2ccco2)C1. The molecule has 2 amide bonds. The number of nitrogens with one attached hydrogen (secondary N) is 2. The number of carboxylic acid groups (broad SMARTS) is 1. The maximum Gasteiger partial charge on any atom is 0.329 e. The van der Waals surface area contributed by atoms with Gasteiger partial charge < -0.3 is 24.9 Å². The van der Waals surface area contributed by atoms with E-state index >= 15 is 0 Å². The van der Waals surface area contributed by atoms with Crippen LogP contribution < -0.4 is 10.6 Å². The summed E-state index contributed by atoms with van der Waals surface area (Å²) in [7, 11) is 0. The van der Waals surface area contributed by atoms with Crippen LogP contribution in [0.3, 0.4) is 0 Å². The van der Waals surface area contributed by atoms with Crippen molar-refractivity contribution < 1.29 is 28.6 Å². The molecule has 2 heterocycles. The second kappa shape index (κ2) is 9.65. The zero-order valence-electron chi connectivity index (χ0n) is 17.9. The molecule has 31 heavy (non-hydrogen) atoms. The van der Waals surface area contributed by atoms with Gasteiger partial charge in [-0.3, -0.25) is 9.59 Å². The smallest absolute Gasteiger partial charge is 0.329 e. The van der Waals surface area contributed by atoms with Gasteiger partial charge >= 0.3 is 5.97 Å². The highest BCUT2D eigenvalue weighted by Crippen LogP contribution is 2.44. The molecule has 1 unspecified atom stereocenters. The molecule has 2 aromatic heterocycles. The van der Waals surface area contributed by atoms with Gasteiger partial charge in [0.1, 0.15) is 24.0 Å². The number of rotatable bonds is 8. The van der Waals surface area contributed by atoms with Crippen LogP contribution in [0.15, 0.2) is 22.8 Å². The molecule has 1 aliphatic carbocycles. The molecule has 3 N–H and O–H groups in total. The van der Waals surface area contributed by atoms with E-state index in [1.54, 1.807) is 18.4 Å². The normalized spacial score (nSPS) is 15.9. The van der Waals surface area contributed by atoms with Gasteiger partial charge in [-0.15, -0.1) is 11.3 Å². The number of thiophene rings is 1. The van der Waals surface area contributed by atoms with Crippen LogP contribution in [0.25, 0.3) is 0 Å². The van der Waals surface area contributed by atoms with Crippen LogP contribution in [0, 0.1) is 11.3 Å². The number of hydrogen-bond donors (Lipinski definition) is 3. The third kappa shape index (κ3) is 5.95. The summed E-state index contributed by atoms with van der Waals surface area (Å²) in [4.78, 5) is 37.0. The molecule has 0 aliphatic heterocycles. The molecule has 2 aromatic rings. The summed E-state index contributed by atoms with van der Waals surface area (Å²) in [5.74, 6) is -0.791. The van der Waals surface area contributed by atoms with Gasteiger partial charge in [-0.1, -0.05) is 20.8 Å². The number of carbonyl (C=O) groups is 3. The average Bonchev–Trinajstić information content (AvgIpc) is 3.31. The van der Waals surface area contributed by atoms with E-state index in [-0.39, 0.29) is 17.9 Å². The van der Waals surface area contributed by atoms with E-state index in [9.17, 15) is 14.4 Å². The van der Waals surface area contributed by atoms with E-state index in [1.165, 1.54) is 11.3 Å². The van der Waals surface area contributed by atoms with Crippen molar-refractivity contribution in [2.75, 3.05) is 18.5 Å². The lowest BCUT2D eigenvalue weighted by Crippen LogP contribution is -2.29. The summed E-state index contributed by atoms with van der Waals surface area (Å²) in [6.07, 6.45) is 4.14. The van der Waals surface area contributed by atoms with Crippen molar-refractivity contribution in [3.63, 3.8) is 0 Å². The number of amides is 2. The fourth-order valence-electron chi connectivity index (χ4n) is 3.72. The van der Waals surface area contributed by atoms with Crippen LogP contribution in [0.1, 0.15) is 53.8 Å². The van der Waals surface area contributed by atoms with Crippen LogP contribution in [0.5, 0.6) is 0 Å². The topological polar surface area (TPSA) is 118 Å². The monoisotopic (exact) mass is 448 g/mol. The van der Waals surface area contributed by atoms with Crippen molar-refractivity contribution >= 4 is 34.1 Å². The minimum absolute atomic E-state index is 0.150. The Hall–Kier alpha value is -2.65. The average molecular weight is 449 g/mol. The number of carbonyl (C=O) groups excluding carboxylic acids is 2. The quantitative estimate of drug-likeness (QED) is 0.569. The molecule has 168 valence electrons. The lowest BCUT2D eigenvalue weighted by Gasteiger charge is -2.33. The minimum atomic E-state index is -1.15. The molecule has 0 spiro atoms. The lowest BCUT2D eigenvalue weighted by atomic mass is 9.72. The van der Waals surface area contributed by atoms with E-state index in [2.05, 4.69) is 31.4 Å². The molecule has 0 saturated carbocycles. The Morgan fingerprint density at radius 3 is 2.71 bits per heavy atom. The molecule has 0 saturated heterocycles. The second-order valence-corrected chi connectivity index (χ2v) is 9.82. The third-order valence-electron chi connectivity index (χ3n) is 5.43. The van der Waals surface area contributed by atoms with Crippen molar-refractivity contribution in [1.29, 1.82) is 0 Å². The molecule has 0 aromatic carbocycles. The predicted molar refractivity (Wildman–Crippen MR) is 116 cm³/mol. The number of fused-ring (bicyclic) bond motifs is 1. The number of hydrogen-bond acceptors (Lipinski definition) is 6. The first-order valence-electron chi connectivity index (χ1n) is 10.2. The lowest BCUT2D eigenvalue weighted by molar-refractivity contribution is -0.143. The van der Waals surface area contributed by atoms with Gasteiger partial charge in [-0.2, -0.15) is 0 Å². The summed E-state index contributed by atoms with van der Waals surface area (Å²) < 4.78 is 10.1. The van der Waals surface area contributed by atoms with Crippen LogP contribution in [-0.4, -0.2) is 36.1 Å². The number of furan rings is 1. The summed E-state index contributed by atoms with van der Waals surface area (Å²) in [5.41, 5.74) is 1.60. The van der Waals surface area contributed by atoms with Gasteiger partial charge in [0.25, 0.3) is 11.8 Å². The number of aliphatic carboxylic acids is 1. The van der Waals surface area contributed by atoms with Crippen molar-refractivity contribution in [3.05, 3.63) is 40.2 Å². The number of carboxylic acids is 1. The van der Waals surface area contributed by atoms with Crippen LogP contribution in [0.4, 0.5) is 5.00 Å². The van der Waals surface area contributed by atoms with E-state index in [1.807, 2.05) is 0 Å². The Morgan fingerprint density at radius 1 is 1.29 bits per heavy atom. The predicted octanol–water partition coefficient (Wildman–Crippen LogP) is 3.46. The Labute approximate surface area is 185 Å². The summed E-state index contributed by atoms with van der Waals surface area (Å²) in [6.45, 7) is 5.95.